The first kappa shape index (κ1) is 15.6. The van der Waals surface area contributed by atoms with Crippen molar-refractivity contribution in [2.45, 2.75) is 19.5 Å². The first-order chi connectivity index (χ1) is 8.80. The Morgan fingerprint density at radius 3 is 2.63 bits per heavy atom. The van der Waals surface area contributed by atoms with Gasteiger partial charge >= 0.3 is 6.18 Å². The number of halogens is 4. The Hall–Kier alpha value is -1.49. The third kappa shape index (κ3) is 5.34. The van der Waals surface area contributed by atoms with Gasteiger partial charge in [0.05, 0.1) is 10.6 Å². The highest BCUT2D eigenvalue weighted by atomic mass is 35.5. The molecule has 0 aromatic heterocycles. The summed E-state index contributed by atoms with van der Waals surface area (Å²) < 4.78 is 37.4. The van der Waals surface area contributed by atoms with E-state index in [2.05, 4.69) is 5.32 Å². The summed E-state index contributed by atoms with van der Waals surface area (Å²) in [5.74, 6) is -0.119. The van der Waals surface area contributed by atoms with Crippen LogP contribution in [0.3, 0.4) is 0 Å². The monoisotopic (exact) mass is 291 g/mol. The zero-order chi connectivity index (χ0) is 14.5. The molecule has 0 fully saturated rings. The number of alkyl halides is 3. The molecule has 0 bridgehead atoms. The van der Waals surface area contributed by atoms with Crippen molar-refractivity contribution in [1.29, 1.82) is 0 Å². The van der Waals surface area contributed by atoms with Gasteiger partial charge in [-0.3, -0.25) is 4.79 Å². The molecule has 0 saturated heterocycles. The SMILES string of the molecule is CC(=O)NCCC=Cc1ccc(C(F)(F)F)c(Cl)c1. The van der Waals surface area contributed by atoms with E-state index in [1.807, 2.05) is 0 Å². The number of amides is 1. The Morgan fingerprint density at radius 2 is 2.11 bits per heavy atom. The largest absolute Gasteiger partial charge is 0.417 e. The summed E-state index contributed by atoms with van der Waals surface area (Å²) in [5, 5.41) is 2.28. The van der Waals surface area contributed by atoms with Crippen molar-refractivity contribution in [2.75, 3.05) is 6.54 Å². The fraction of sp³-hybridized carbons (Fsp3) is 0.308. The van der Waals surface area contributed by atoms with Crippen LogP contribution in [0.5, 0.6) is 0 Å². The lowest BCUT2D eigenvalue weighted by Gasteiger charge is -2.08. The summed E-state index contributed by atoms with van der Waals surface area (Å²) >= 11 is 5.58. The number of hydrogen-bond acceptors (Lipinski definition) is 1. The van der Waals surface area contributed by atoms with Gasteiger partial charge in [-0.2, -0.15) is 13.2 Å². The summed E-state index contributed by atoms with van der Waals surface area (Å²) in [6.07, 6.45) is -0.425. The van der Waals surface area contributed by atoms with Gasteiger partial charge in [-0.05, 0) is 24.1 Å². The van der Waals surface area contributed by atoms with Crippen LogP contribution in [0.15, 0.2) is 24.3 Å². The third-order valence-corrected chi connectivity index (χ3v) is 2.61. The summed E-state index contributed by atoms with van der Waals surface area (Å²) in [5.41, 5.74) is -0.259. The lowest BCUT2D eigenvalue weighted by Crippen LogP contribution is -2.20. The second-order valence-electron chi connectivity index (χ2n) is 3.91. The molecule has 0 spiro atoms. The van der Waals surface area contributed by atoms with Crippen molar-refractivity contribution in [3.63, 3.8) is 0 Å². The number of nitrogens with one attached hydrogen (secondary N) is 1. The highest BCUT2D eigenvalue weighted by molar-refractivity contribution is 6.31. The van der Waals surface area contributed by atoms with Crippen LogP contribution < -0.4 is 5.32 Å². The molecule has 0 heterocycles. The van der Waals surface area contributed by atoms with Gasteiger partial charge in [0.25, 0.3) is 0 Å². The minimum Gasteiger partial charge on any atom is -0.356 e. The van der Waals surface area contributed by atoms with E-state index in [0.29, 0.717) is 18.5 Å². The topological polar surface area (TPSA) is 29.1 Å². The Kier molecular flexibility index (Phi) is 5.42. The van der Waals surface area contributed by atoms with Crippen LogP contribution in [0.25, 0.3) is 6.08 Å². The van der Waals surface area contributed by atoms with Crippen molar-refractivity contribution in [1.82, 2.24) is 5.32 Å². The summed E-state index contributed by atoms with van der Waals surface area (Å²) in [6, 6.07) is 3.57. The van der Waals surface area contributed by atoms with Gasteiger partial charge in [0.1, 0.15) is 0 Å². The predicted octanol–water partition coefficient (Wildman–Crippen LogP) is 3.90. The predicted molar refractivity (Wildman–Crippen MR) is 68.8 cm³/mol. The minimum atomic E-state index is -4.44. The van der Waals surface area contributed by atoms with E-state index in [1.165, 1.54) is 19.1 Å². The maximum absolute atomic E-state index is 12.5. The molecule has 6 heteroatoms. The molecule has 2 nitrogen and oxygen atoms in total. The normalized spacial score (nSPS) is 11.8. The zero-order valence-electron chi connectivity index (χ0n) is 10.2. The van der Waals surface area contributed by atoms with Crippen LogP contribution in [0, 0.1) is 0 Å². The summed E-state index contributed by atoms with van der Waals surface area (Å²) in [4.78, 5) is 10.6. The molecule has 19 heavy (non-hydrogen) atoms. The van der Waals surface area contributed by atoms with Gasteiger partial charge in [0.15, 0.2) is 0 Å². The smallest absolute Gasteiger partial charge is 0.356 e. The van der Waals surface area contributed by atoms with Crippen molar-refractivity contribution in [3.05, 3.63) is 40.4 Å². The van der Waals surface area contributed by atoms with Crippen molar-refractivity contribution < 1.29 is 18.0 Å². The molecule has 1 rings (SSSR count). The number of carbonyl (C=O) groups is 1. The van der Waals surface area contributed by atoms with Crippen molar-refractivity contribution in [2.24, 2.45) is 0 Å². The first-order valence-electron chi connectivity index (χ1n) is 5.58. The molecule has 0 radical (unpaired) electrons. The molecular weight excluding hydrogens is 279 g/mol. The standard InChI is InChI=1S/C13H13ClF3NO/c1-9(19)18-7-3-2-4-10-5-6-11(12(14)8-10)13(15,16)17/h2,4-6,8H,3,7H2,1H3,(H,18,19). The molecule has 0 aliphatic rings. The quantitative estimate of drug-likeness (QED) is 0.838. The van der Waals surface area contributed by atoms with Crippen LogP contribution in [0.4, 0.5) is 13.2 Å². The van der Waals surface area contributed by atoms with Crippen molar-refractivity contribution >= 4 is 23.6 Å². The highest BCUT2D eigenvalue weighted by Crippen LogP contribution is 2.35. The van der Waals surface area contributed by atoms with Gasteiger partial charge in [0, 0.05) is 13.5 Å². The maximum atomic E-state index is 12.5. The van der Waals surface area contributed by atoms with E-state index < -0.39 is 11.7 Å². The third-order valence-electron chi connectivity index (χ3n) is 2.29. The molecule has 104 valence electrons. The van der Waals surface area contributed by atoms with Gasteiger partial charge in [-0.15, -0.1) is 0 Å². The lowest BCUT2D eigenvalue weighted by atomic mass is 10.1. The van der Waals surface area contributed by atoms with E-state index in [9.17, 15) is 18.0 Å². The fourth-order valence-corrected chi connectivity index (χ4v) is 1.71. The fourth-order valence-electron chi connectivity index (χ4n) is 1.42. The molecule has 0 aliphatic heterocycles. The number of benzene rings is 1. The second-order valence-corrected chi connectivity index (χ2v) is 4.32. The average molecular weight is 292 g/mol. The lowest BCUT2D eigenvalue weighted by molar-refractivity contribution is -0.137. The molecule has 0 unspecified atom stereocenters. The molecule has 1 aromatic carbocycles. The van der Waals surface area contributed by atoms with Crippen LogP contribution in [0.1, 0.15) is 24.5 Å². The molecule has 0 saturated carbocycles. The summed E-state index contributed by atoms with van der Waals surface area (Å²) in [6.45, 7) is 1.90. The number of hydrogen-bond donors (Lipinski definition) is 1. The summed E-state index contributed by atoms with van der Waals surface area (Å²) in [7, 11) is 0. The van der Waals surface area contributed by atoms with Crippen LogP contribution in [0.2, 0.25) is 5.02 Å². The minimum absolute atomic E-state index is 0.119. The van der Waals surface area contributed by atoms with E-state index in [0.717, 1.165) is 6.07 Å². The average Bonchev–Trinajstić information content (AvgIpc) is 2.26. The van der Waals surface area contributed by atoms with E-state index in [1.54, 1.807) is 12.2 Å². The first-order valence-corrected chi connectivity index (χ1v) is 5.96. The Bertz CT molecular complexity index is 483. The van der Waals surface area contributed by atoms with Crippen molar-refractivity contribution in [3.8, 4) is 0 Å². The van der Waals surface area contributed by atoms with Crippen LogP contribution >= 0.6 is 11.6 Å². The molecule has 0 atom stereocenters. The van der Waals surface area contributed by atoms with Crippen LogP contribution in [-0.2, 0) is 11.0 Å². The van der Waals surface area contributed by atoms with Crippen LogP contribution in [-0.4, -0.2) is 12.5 Å². The second kappa shape index (κ2) is 6.61. The highest BCUT2D eigenvalue weighted by Gasteiger charge is 2.32. The molecule has 1 aromatic rings. The Morgan fingerprint density at radius 1 is 1.42 bits per heavy atom. The van der Waals surface area contributed by atoms with Gasteiger partial charge < -0.3 is 5.32 Å². The van der Waals surface area contributed by atoms with E-state index in [-0.39, 0.29) is 10.9 Å². The Labute approximate surface area is 114 Å². The molecular formula is C13H13ClF3NO. The van der Waals surface area contributed by atoms with Gasteiger partial charge in [-0.25, -0.2) is 0 Å². The number of rotatable bonds is 4. The number of carbonyl (C=O) groups excluding carboxylic acids is 1. The van der Waals surface area contributed by atoms with Gasteiger partial charge in [-0.1, -0.05) is 29.8 Å². The van der Waals surface area contributed by atoms with Gasteiger partial charge in [0.2, 0.25) is 5.91 Å². The Balaban J connectivity index is 2.64. The molecule has 1 amide bonds. The van der Waals surface area contributed by atoms with E-state index in [4.69, 9.17) is 11.6 Å². The zero-order valence-corrected chi connectivity index (χ0v) is 11.0. The molecule has 0 aliphatic carbocycles. The molecule has 1 N–H and O–H groups in total. The maximum Gasteiger partial charge on any atom is 0.417 e. The van der Waals surface area contributed by atoms with E-state index >= 15 is 0 Å².